The summed E-state index contributed by atoms with van der Waals surface area (Å²) < 4.78 is 13.4. The topological polar surface area (TPSA) is 15.3 Å². The molecular formula is C17H19FN2. The van der Waals surface area contributed by atoms with E-state index < -0.39 is 0 Å². The van der Waals surface area contributed by atoms with Gasteiger partial charge in [-0.25, -0.2) is 4.39 Å². The van der Waals surface area contributed by atoms with E-state index in [-0.39, 0.29) is 5.82 Å². The summed E-state index contributed by atoms with van der Waals surface area (Å²) >= 11 is 0. The Morgan fingerprint density at radius 3 is 2.60 bits per heavy atom. The molecule has 0 spiro atoms. The summed E-state index contributed by atoms with van der Waals surface area (Å²) in [5.41, 5.74) is 3.35. The Balaban J connectivity index is 1.87. The van der Waals surface area contributed by atoms with Crippen LogP contribution in [0.1, 0.15) is 5.56 Å². The van der Waals surface area contributed by atoms with Crippen LogP contribution in [-0.2, 0) is 6.54 Å². The predicted molar refractivity (Wildman–Crippen MR) is 80.0 cm³/mol. The molecule has 0 atom stereocenters. The van der Waals surface area contributed by atoms with Crippen LogP contribution >= 0.6 is 0 Å². The standard InChI is InChI=1S/C17H19FN2/c18-16-6-3-5-14(12-16)17-7-2-1-4-15(17)13-20-10-8-19-9-11-20/h1-7,12,19H,8-11,13H2. The molecule has 1 saturated heterocycles. The van der Waals surface area contributed by atoms with E-state index in [0.717, 1.165) is 43.9 Å². The number of nitrogens with zero attached hydrogens (tertiary/aromatic N) is 1. The van der Waals surface area contributed by atoms with Gasteiger partial charge in [-0.3, -0.25) is 4.90 Å². The molecule has 1 heterocycles. The summed E-state index contributed by atoms with van der Waals surface area (Å²) in [5, 5.41) is 3.36. The third-order valence-electron chi connectivity index (χ3n) is 3.76. The quantitative estimate of drug-likeness (QED) is 0.922. The average Bonchev–Trinajstić information content (AvgIpc) is 2.49. The molecule has 3 rings (SSSR count). The summed E-state index contributed by atoms with van der Waals surface area (Å²) in [7, 11) is 0. The van der Waals surface area contributed by atoms with Gasteiger partial charge in [-0.2, -0.15) is 0 Å². The number of piperazine rings is 1. The van der Waals surface area contributed by atoms with Crippen LogP contribution in [0.15, 0.2) is 48.5 Å². The normalized spacial score (nSPS) is 16.2. The van der Waals surface area contributed by atoms with E-state index >= 15 is 0 Å². The highest BCUT2D eigenvalue weighted by Crippen LogP contribution is 2.25. The zero-order valence-corrected chi connectivity index (χ0v) is 11.5. The van der Waals surface area contributed by atoms with E-state index in [1.807, 2.05) is 12.1 Å². The van der Waals surface area contributed by atoms with Crippen molar-refractivity contribution in [3.8, 4) is 11.1 Å². The minimum atomic E-state index is -0.181. The molecule has 2 aromatic rings. The van der Waals surface area contributed by atoms with E-state index in [1.54, 1.807) is 12.1 Å². The molecule has 0 bridgehead atoms. The van der Waals surface area contributed by atoms with E-state index in [2.05, 4.69) is 28.4 Å². The van der Waals surface area contributed by atoms with Crippen LogP contribution in [0.3, 0.4) is 0 Å². The molecule has 1 aliphatic heterocycles. The number of nitrogens with one attached hydrogen (secondary N) is 1. The van der Waals surface area contributed by atoms with E-state index in [1.165, 1.54) is 11.6 Å². The number of benzene rings is 2. The van der Waals surface area contributed by atoms with E-state index in [9.17, 15) is 4.39 Å². The van der Waals surface area contributed by atoms with Crippen LogP contribution < -0.4 is 5.32 Å². The lowest BCUT2D eigenvalue weighted by Gasteiger charge is -2.28. The fourth-order valence-electron chi connectivity index (χ4n) is 2.71. The van der Waals surface area contributed by atoms with Crippen LogP contribution in [0.5, 0.6) is 0 Å². The summed E-state index contributed by atoms with van der Waals surface area (Å²) in [6.07, 6.45) is 0. The minimum absolute atomic E-state index is 0.181. The highest BCUT2D eigenvalue weighted by atomic mass is 19.1. The molecule has 2 nitrogen and oxygen atoms in total. The maximum absolute atomic E-state index is 13.4. The Bertz CT molecular complexity index is 577. The highest BCUT2D eigenvalue weighted by molar-refractivity contribution is 5.67. The number of rotatable bonds is 3. The summed E-state index contributed by atoms with van der Waals surface area (Å²) in [4.78, 5) is 2.44. The van der Waals surface area contributed by atoms with Gasteiger partial charge in [0.15, 0.2) is 0 Å². The second kappa shape index (κ2) is 6.16. The second-order valence-electron chi connectivity index (χ2n) is 5.19. The fraction of sp³-hybridized carbons (Fsp3) is 0.294. The monoisotopic (exact) mass is 270 g/mol. The van der Waals surface area contributed by atoms with Crippen molar-refractivity contribution in [2.75, 3.05) is 26.2 Å². The van der Waals surface area contributed by atoms with Gasteiger partial charge in [0, 0.05) is 32.7 Å². The molecule has 3 heteroatoms. The molecule has 2 aromatic carbocycles. The maximum Gasteiger partial charge on any atom is 0.123 e. The van der Waals surface area contributed by atoms with Gasteiger partial charge in [0.1, 0.15) is 5.82 Å². The molecule has 0 aromatic heterocycles. The molecule has 0 unspecified atom stereocenters. The Morgan fingerprint density at radius 2 is 1.80 bits per heavy atom. The Hall–Kier alpha value is -1.71. The van der Waals surface area contributed by atoms with Crippen molar-refractivity contribution >= 4 is 0 Å². The third kappa shape index (κ3) is 3.06. The largest absolute Gasteiger partial charge is 0.314 e. The van der Waals surface area contributed by atoms with Crippen LogP contribution in [0.2, 0.25) is 0 Å². The van der Waals surface area contributed by atoms with Crippen molar-refractivity contribution in [2.45, 2.75) is 6.54 Å². The van der Waals surface area contributed by atoms with Crippen LogP contribution in [0, 0.1) is 5.82 Å². The van der Waals surface area contributed by atoms with Crippen molar-refractivity contribution in [2.24, 2.45) is 0 Å². The summed E-state index contributed by atoms with van der Waals surface area (Å²) in [6.45, 7) is 5.15. The zero-order chi connectivity index (χ0) is 13.8. The van der Waals surface area contributed by atoms with Crippen molar-refractivity contribution in [1.82, 2.24) is 10.2 Å². The molecule has 0 amide bonds. The predicted octanol–water partition coefficient (Wildman–Crippen LogP) is 2.90. The average molecular weight is 270 g/mol. The van der Waals surface area contributed by atoms with Gasteiger partial charge in [0.25, 0.3) is 0 Å². The maximum atomic E-state index is 13.4. The SMILES string of the molecule is Fc1cccc(-c2ccccc2CN2CCNCC2)c1. The number of hydrogen-bond acceptors (Lipinski definition) is 2. The van der Waals surface area contributed by atoms with E-state index in [4.69, 9.17) is 0 Å². The second-order valence-corrected chi connectivity index (χ2v) is 5.19. The minimum Gasteiger partial charge on any atom is -0.314 e. The first-order valence-corrected chi connectivity index (χ1v) is 7.10. The van der Waals surface area contributed by atoms with Gasteiger partial charge in [-0.1, -0.05) is 36.4 Å². The molecular weight excluding hydrogens is 251 g/mol. The van der Waals surface area contributed by atoms with Gasteiger partial charge >= 0.3 is 0 Å². The molecule has 0 aliphatic carbocycles. The Labute approximate surface area is 119 Å². The van der Waals surface area contributed by atoms with Crippen LogP contribution in [-0.4, -0.2) is 31.1 Å². The van der Waals surface area contributed by atoms with Crippen molar-refractivity contribution < 1.29 is 4.39 Å². The third-order valence-corrected chi connectivity index (χ3v) is 3.76. The zero-order valence-electron chi connectivity index (χ0n) is 11.5. The lowest BCUT2D eigenvalue weighted by Crippen LogP contribution is -2.42. The van der Waals surface area contributed by atoms with Gasteiger partial charge < -0.3 is 5.32 Å². The number of halogens is 1. The summed E-state index contributed by atoms with van der Waals surface area (Å²) in [5.74, 6) is -0.181. The lowest BCUT2D eigenvalue weighted by atomic mass is 9.99. The van der Waals surface area contributed by atoms with Gasteiger partial charge in [-0.15, -0.1) is 0 Å². The molecule has 1 N–H and O–H groups in total. The Kier molecular flexibility index (Phi) is 4.09. The summed E-state index contributed by atoms with van der Waals surface area (Å²) in [6, 6.07) is 15.1. The molecule has 104 valence electrons. The van der Waals surface area contributed by atoms with Crippen LogP contribution in [0.25, 0.3) is 11.1 Å². The van der Waals surface area contributed by atoms with Crippen LogP contribution in [0.4, 0.5) is 4.39 Å². The fourth-order valence-corrected chi connectivity index (χ4v) is 2.71. The smallest absolute Gasteiger partial charge is 0.123 e. The molecule has 1 aliphatic rings. The molecule has 20 heavy (non-hydrogen) atoms. The van der Waals surface area contributed by atoms with E-state index in [0.29, 0.717) is 0 Å². The first-order chi connectivity index (χ1) is 9.83. The Morgan fingerprint density at radius 1 is 1.00 bits per heavy atom. The molecule has 0 saturated carbocycles. The lowest BCUT2D eigenvalue weighted by molar-refractivity contribution is 0.233. The van der Waals surface area contributed by atoms with Gasteiger partial charge in [0.05, 0.1) is 0 Å². The van der Waals surface area contributed by atoms with Gasteiger partial charge in [-0.05, 0) is 28.8 Å². The molecule has 0 radical (unpaired) electrons. The van der Waals surface area contributed by atoms with Crippen molar-refractivity contribution in [1.29, 1.82) is 0 Å². The number of hydrogen-bond donors (Lipinski definition) is 1. The first kappa shape index (κ1) is 13.3. The van der Waals surface area contributed by atoms with Crippen molar-refractivity contribution in [3.63, 3.8) is 0 Å². The molecule has 1 fully saturated rings. The first-order valence-electron chi connectivity index (χ1n) is 7.10. The van der Waals surface area contributed by atoms with Gasteiger partial charge in [0.2, 0.25) is 0 Å². The highest BCUT2D eigenvalue weighted by Gasteiger charge is 2.12. The van der Waals surface area contributed by atoms with Crippen molar-refractivity contribution in [3.05, 3.63) is 59.9 Å².